The van der Waals surface area contributed by atoms with Crippen LogP contribution in [0.15, 0.2) is 24.5 Å². The Morgan fingerprint density at radius 1 is 1.45 bits per heavy atom. The third kappa shape index (κ3) is 4.04. The minimum atomic E-state index is -0.998. The van der Waals surface area contributed by atoms with Crippen LogP contribution in [0.4, 0.5) is 0 Å². The van der Waals surface area contributed by atoms with Crippen LogP contribution in [0, 0.1) is 0 Å². The van der Waals surface area contributed by atoms with Gasteiger partial charge in [0.25, 0.3) is 5.91 Å². The molecule has 120 valence electrons. The van der Waals surface area contributed by atoms with Crippen LogP contribution >= 0.6 is 0 Å². The van der Waals surface area contributed by atoms with E-state index in [1.54, 1.807) is 11.9 Å². The highest BCUT2D eigenvalue weighted by molar-refractivity contribution is 5.83. The molecule has 22 heavy (non-hydrogen) atoms. The van der Waals surface area contributed by atoms with Gasteiger partial charge in [0.15, 0.2) is 12.4 Å². The normalized spacial score (nSPS) is 21.4. The van der Waals surface area contributed by atoms with Crippen molar-refractivity contribution in [2.45, 2.75) is 50.8 Å². The van der Waals surface area contributed by atoms with Gasteiger partial charge >= 0.3 is 0 Å². The van der Waals surface area contributed by atoms with Crippen LogP contribution in [-0.2, 0) is 16.1 Å². The fraction of sp³-hybridized carbons (Fsp3) is 0.562. The molecule has 6 heteroatoms. The molecule has 0 spiro atoms. The van der Waals surface area contributed by atoms with Crippen molar-refractivity contribution in [1.29, 1.82) is 0 Å². The number of nitrogens with zero attached hydrogens (tertiary/aromatic N) is 2. The molecule has 6 nitrogen and oxygen atoms in total. The third-order valence-electron chi connectivity index (χ3n) is 4.11. The minimum Gasteiger partial charge on any atom is -0.550 e. The number of carboxylic acids is 1. The number of carbonyl (C=O) groups is 2. The van der Waals surface area contributed by atoms with Gasteiger partial charge in [-0.3, -0.25) is 4.79 Å². The lowest BCUT2D eigenvalue weighted by atomic mass is 10.1. The number of hydrogen-bond acceptors (Lipinski definition) is 4. The topological polar surface area (TPSA) is 84.6 Å². The minimum absolute atomic E-state index is 0.0898. The first-order valence-corrected chi connectivity index (χ1v) is 7.62. The number of aryl methyl sites for hydroxylation is 1. The number of carboxylic acid groups (broad SMARTS) is 1. The molecule has 1 amide bonds. The maximum Gasteiger partial charge on any atom is 0.251 e. The lowest BCUT2D eigenvalue weighted by molar-refractivity contribution is -0.697. The number of unbranched alkanes of at least 4 members (excludes halogenated alkanes) is 2. The monoisotopic (exact) mass is 306 g/mol. The summed E-state index contributed by atoms with van der Waals surface area (Å²) in [6, 6.07) is 3.80. The Balaban J connectivity index is 1.90. The van der Waals surface area contributed by atoms with Crippen molar-refractivity contribution in [1.82, 2.24) is 4.90 Å². The van der Waals surface area contributed by atoms with Gasteiger partial charge < -0.3 is 19.9 Å². The summed E-state index contributed by atoms with van der Waals surface area (Å²) in [6.07, 6.45) is 5.93. The van der Waals surface area contributed by atoms with Gasteiger partial charge in [0.05, 0.1) is 6.04 Å². The number of amides is 1. The molecule has 2 heterocycles. The molecule has 1 aliphatic rings. The molecule has 0 bridgehead atoms. The molecular formula is C16H22N2O4. The number of aromatic nitrogens is 1. The average Bonchev–Trinajstić information content (AvgIpc) is 2.74. The summed E-state index contributed by atoms with van der Waals surface area (Å²) in [5.41, 5.74) is 1.00. The quantitative estimate of drug-likeness (QED) is 0.546. The van der Waals surface area contributed by atoms with Gasteiger partial charge in [-0.05, 0) is 25.3 Å². The van der Waals surface area contributed by atoms with E-state index in [0.29, 0.717) is 12.8 Å². The van der Waals surface area contributed by atoms with Crippen LogP contribution in [0.1, 0.15) is 43.7 Å². The number of pyridine rings is 1. The summed E-state index contributed by atoms with van der Waals surface area (Å²) in [5, 5.41) is 20.0. The first kappa shape index (κ1) is 16.4. The van der Waals surface area contributed by atoms with Crippen LogP contribution in [0.2, 0.25) is 0 Å². The maximum absolute atomic E-state index is 11.7. The lowest BCUT2D eigenvalue weighted by Gasteiger charge is -2.18. The molecule has 2 rings (SSSR count). The number of carbonyl (C=O) groups excluding carboxylic acids is 2. The van der Waals surface area contributed by atoms with Crippen LogP contribution in [0.25, 0.3) is 0 Å². The van der Waals surface area contributed by atoms with Crippen molar-refractivity contribution in [3.8, 4) is 0 Å². The fourth-order valence-electron chi connectivity index (χ4n) is 2.84. The predicted octanol–water partition coefficient (Wildman–Crippen LogP) is -0.451. The first-order valence-electron chi connectivity index (χ1n) is 7.62. The van der Waals surface area contributed by atoms with E-state index in [-0.39, 0.29) is 18.4 Å². The Kier molecular flexibility index (Phi) is 5.49. The Morgan fingerprint density at radius 3 is 2.86 bits per heavy atom. The van der Waals surface area contributed by atoms with Gasteiger partial charge in [0.1, 0.15) is 12.6 Å². The summed E-state index contributed by atoms with van der Waals surface area (Å²) >= 11 is 0. The number of aliphatic carboxylic acids is 1. The number of rotatable bonds is 7. The van der Waals surface area contributed by atoms with E-state index in [4.69, 9.17) is 0 Å². The summed E-state index contributed by atoms with van der Waals surface area (Å²) < 4.78 is 2.04. The summed E-state index contributed by atoms with van der Waals surface area (Å²) in [5.74, 6) is -1.23. The third-order valence-corrected chi connectivity index (χ3v) is 4.11. The number of likely N-dealkylation sites (tertiary alicyclic amines) is 1. The zero-order valence-corrected chi connectivity index (χ0v) is 12.8. The van der Waals surface area contributed by atoms with E-state index in [1.807, 2.05) is 29.1 Å². The highest BCUT2D eigenvalue weighted by Crippen LogP contribution is 2.30. The lowest BCUT2D eigenvalue weighted by Crippen LogP contribution is -2.34. The van der Waals surface area contributed by atoms with Crippen LogP contribution < -0.4 is 9.67 Å². The highest BCUT2D eigenvalue weighted by atomic mass is 16.4. The van der Waals surface area contributed by atoms with Gasteiger partial charge in [-0.15, -0.1) is 0 Å². The van der Waals surface area contributed by atoms with Gasteiger partial charge in [-0.25, -0.2) is 4.57 Å². The standard InChI is InChI=1S/C16H22N2O4/c1-17-13(10-14(19)16(17)22)12-6-5-9-18(11-12)8-4-2-3-7-15(20)21/h5-6,9,11,13-14,19H,2-4,7-8,10H2,1H3/t13-,14+/m0/s1. The molecule has 0 radical (unpaired) electrons. The zero-order chi connectivity index (χ0) is 16.1. The second-order valence-electron chi connectivity index (χ2n) is 5.77. The van der Waals surface area contributed by atoms with E-state index >= 15 is 0 Å². The molecule has 1 saturated heterocycles. The summed E-state index contributed by atoms with van der Waals surface area (Å²) in [7, 11) is 1.71. The number of aliphatic hydroxyl groups excluding tert-OH is 1. The van der Waals surface area contributed by atoms with Crippen molar-refractivity contribution < 1.29 is 24.4 Å². The van der Waals surface area contributed by atoms with Gasteiger partial charge in [0.2, 0.25) is 0 Å². The van der Waals surface area contributed by atoms with Crippen molar-refractivity contribution >= 4 is 11.9 Å². The summed E-state index contributed by atoms with van der Waals surface area (Å²) in [6.45, 7) is 0.799. The molecule has 1 fully saturated rings. The van der Waals surface area contributed by atoms with E-state index in [0.717, 1.165) is 24.9 Å². The fourth-order valence-corrected chi connectivity index (χ4v) is 2.84. The van der Waals surface area contributed by atoms with Gasteiger partial charge in [-0.2, -0.15) is 0 Å². The molecule has 0 saturated carbocycles. The number of aliphatic hydroxyl groups is 1. The molecule has 2 atom stereocenters. The Morgan fingerprint density at radius 2 is 2.23 bits per heavy atom. The average molecular weight is 306 g/mol. The van der Waals surface area contributed by atoms with E-state index in [1.165, 1.54) is 0 Å². The maximum atomic E-state index is 11.7. The SMILES string of the molecule is CN1C(=O)[C@H](O)C[C@H]1c1ccc[n+](CCCCCC(=O)[O-])c1. The van der Waals surface area contributed by atoms with Crippen LogP contribution in [0.5, 0.6) is 0 Å². The molecule has 1 N–H and O–H groups in total. The Bertz CT molecular complexity index is 547. The number of likely N-dealkylation sites (N-methyl/N-ethyl adjacent to an activating group) is 1. The van der Waals surface area contributed by atoms with E-state index < -0.39 is 12.1 Å². The first-order chi connectivity index (χ1) is 10.5. The van der Waals surface area contributed by atoms with Gasteiger partial charge in [-0.1, -0.05) is 0 Å². The molecule has 0 aliphatic carbocycles. The number of hydrogen-bond donors (Lipinski definition) is 1. The van der Waals surface area contributed by atoms with Gasteiger partial charge in [0, 0.05) is 37.5 Å². The largest absolute Gasteiger partial charge is 0.550 e. The second kappa shape index (κ2) is 7.35. The molecule has 1 aromatic heterocycles. The van der Waals surface area contributed by atoms with E-state index in [9.17, 15) is 19.8 Å². The summed E-state index contributed by atoms with van der Waals surface area (Å²) in [4.78, 5) is 23.6. The molecule has 0 aromatic carbocycles. The Hall–Kier alpha value is -1.95. The van der Waals surface area contributed by atoms with Crippen molar-refractivity contribution in [3.05, 3.63) is 30.1 Å². The molecule has 1 aromatic rings. The molecular weight excluding hydrogens is 284 g/mol. The van der Waals surface area contributed by atoms with Crippen molar-refractivity contribution in [2.24, 2.45) is 0 Å². The molecule has 1 aliphatic heterocycles. The Labute approximate surface area is 130 Å². The molecule has 0 unspecified atom stereocenters. The zero-order valence-electron chi connectivity index (χ0n) is 12.8. The predicted molar refractivity (Wildman–Crippen MR) is 76.2 cm³/mol. The smallest absolute Gasteiger partial charge is 0.251 e. The second-order valence-corrected chi connectivity index (χ2v) is 5.77. The van der Waals surface area contributed by atoms with Crippen LogP contribution in [0.3, 0.4) is 0 Å². The highest BCUT2D eigenvalue weighted by Gasteiger charge is 2.37. The van der Waals surface area contributed by atoms with E-state index in [2.05, 4.69) is 0 Å². The van der Waals surface area contributed by atoms with Crippen LogP contribution in [-0.4, -0.2) is 35.0 Å². The van der Waals surface area contributed by atoms with Crippen molar-refractivity contribution in [2.75, 3.05) is 7.05 Å². The van der Waals surface area contributed by atoms with Crippen molar-refractivity contribution in [3.63, 3.8) is 0 Å².